The molecule has 1 radical (unpaired) electrons. The third-order valence-corrected chi connectivity index (χ3v) is 1.43. The number of benzene rings is 1. The topological polar surface area (TPSA) is 26.3 Å². The summed E-state index contributed by atoms with van der Waals surface area (Å²) in [6.07, 6.45) is 1.31. The van der Waals surface area contributed by atoms with Gasteiger partial charge in [0.05, 0.1) is 0 Å². The first-order valence-electron chi connectivity index (χ1n) is 4.08. The van der Waals surface area contributed by atoms with Gasteiger partial charge in [-0.15, -0.1) is 0 Å². The van der Waals surface area contributed by atoms with Crippen LogP contribution in [0.4, 0.5) is 0 Å². The van der Waals surface area contributed by atoms with E-state index in [2.05, 4.69) is 0 Å². The first-order chi connectivity index (χ1) is 5.83. The van der Waals surface area contributed by atoms with Gasteiger partial charge in [-0.25, -0.2) is 0 Å². The van der Waals surface area contributed by atoms with E-state index in [0.717, 1.165) is 6.42 Å². The largest absolute Gasteiger partial charge is 0.427 e. The molecule has 0 aliphatic heterocycles. The van der Waals surface area contributed by atoms with Crippen molar-refractivity contribution in [1.29, 1.82) is 0 Å². The van der Waals surface area contributed by atoms with Gasteiger partial charge in [-0.1, -0.05) is 25.1 Å². The van der Waals surface area contributed by atoms with Gasteiger partial charge in [-0.2, -0.15) is 0 Å². The Kier molecular flexibility index (Phi) is 6.59. The van der Waals surface area contributed by atoms with Gasteiger partial charge < -0.3 is 4.74 Å². The number of hydrogen-bond donors (Lipinski definition) is 0. The van der Waals surface area contributed by atoms with Crippen LogP contribution >= 0.6 is 0 Å². The molecule has 0 aliphatic rings. The predicted octanol–water partition coefficient (Wildman–Crippen LogP) is 2.39. The molecular weight excluding hydrogens is 260 g/mol. The van der Waals surface area contributed by atoms with Crippen LogP contribution in [0, 0.1) is 0 Å². The molecule has 0 heterocycles. The molecule has 0 amide bonds. The normalized spacial score (nSPS) is 8.69. The predicted molar refractivity (Wildman–Crippen MR) is 47.0 cm³/mol. The molecule has 0 fully saturated rings. The molecule has 13 heavy (non-hydrogen) atoms. The van der Waals surface area contributed by atoms with E-state index in [9.17, 15) is 4.79 Å². The Labute approximate surface area is 93.8 Å². The van der Waals surface area contributed by atoms with E-state index in [0.29, 0.717) is 12.2 Å². The van der Waals surface area contributed by atoms with Crippen molar-refractivity contribution in [2.45, 2.75) is 19.8 Å². The molecule has 0 unspecified atom stereocenters. The fourth-order valence-corrected chi connectivity index (χ4v) is 0.875. The van der Waals surface area contributed by atoms with E-state index < -0.39 is 0 Å². The van der Waals surface area contributed by atoms with Crippen LogP contribution in [0.2, 0.25) is 0 Å². The maximum Gasteiger partial charge on any atom is 0.311 e. The van der Waals surface area contributed by atoms with Gasteiger partial charge in [0.25, 0.3) is 0 Å². The maximum atomic E-state index is 11.0. The average molecular weight is 272 g/mol. The van der Waals surface area contributed by atoms with Crippen molar-refractivity contribution < 1.29 is 31.9 Å². The van der Waals surface area contributed by atoms with Gasteiger partial charge in [0.2, 0.25) is 0 Å². The van der Waals surface area contributed by atoms with Gasteiger partial charge in [0.15, 0.2) is 0 Å². The van der Waals surface area contributed by atoms with E-state index in [1.165, 1.54) is 0 Å². The van der Waals surface area contributed by atoms with Crippen molar-refractivity contribution in [1.82, 2.24) is 0 Å². The van der Waals surface area contributed by atoms with E-state index in [-0.39, 0.29) is 28.3 Å². The third-order valence-electron chi connectivity index (χ3n) is 1.43. The molecule has 0 aromatic heterocycles. The molecule has 0 atom stereocenters. The van der Waals surface area contributed by atoms with Crippen LogP contribution in [-0.4, -0.2) is 5.97 Å². The minimum absolute atomic E-state index is 0. The molecule has 0 N–H and O–H groups in total. The third kappa shape index (κ3) is 4.88. The van der Waals surface area contributed by atoms with Crippen molar-refractivity contribution >= 4 is 5.97 Å². The molecule has 1 aromatic rings. The van der Waals surface area contributed by atoms with Gasteiger partial charge in [-0.05, 0) is 18.6 Å². The Morgan fingerprint density at radius 1 is 1.31 bits per heavy atom. The molecule has 2 nitrogen and oxygen atoms in total. The molecular formula is C10H12AgO2. The van der Waals surface area contributed by atoms with Crippen LogP contribution in [0.25, 0.3) is 0 Å². The Bertz CT molecular complexity index is 246. The van der Waals surface area contributed by atoms with Crippen LogP contribution in [0.1, 0.15) is 19.8 Å². The molecule has 0 saturated heterocycles. The Morgan fingerprint density at radius 2 is 1.92 bits per heavy atom. The summed E-state index contributed by atoms with van der Waals surface area (Å²) in [7, 11) is 0. The first kappa shape index (κ1) is 12.4. The summed E-state index contributed by atoms with van der Waals surface area (Å²) in [6, 6.07) is 9.11. The fraction of sp³-hybridized carbons (Fsp3) is 0.300. The second-order valence-electron chi connectivity index (χ2n) is 2.54. The zero-order chi connectivity index (χ0) is 8.81. The molecule has 1 rings (SSSR count). The summed E-state index contributed by atoms with van der Waals surface area (Å²) >= 11 is 0. The standard InChI is InChI=1S/C10H12O2.Ag/c1-2-6-10(11)12-9-7-4-3-5-8-9;/h3-5,7-8H,2,6H2,1H3;. The van der Waals surface area contributed by atoms with Crippen LogP contribution in [0.15, 0.2) is 30.3 Å². The summed E-state index contributed by atoms with van der Waals surface area (Å²) < 4.78 is 5.02. The summed E-state index contributed by atoms with van der Waals surface area (Å²) in [4.78, 5) is 11.0. The fourth-order valence-electron chi connectivity index (χ4n) is 0.875. The molecule has 0 spiro atoms. The number of carbonyl (C=O) groups excluding carboxylic acids is 1. The van der Waals surface area contributed by atoms with Gasteiger partial charge in [-0.3, -0.25) is 4.79 Å². The monoisotopic (exact) mass is 271 g/mol. The van der Waals surface area contributed by atoms with E-state index in [1.807, 2.05) is 25.1 Å². The van der Waals surface area contributed by atoms with Crippen molar-refractivity contribution in [3.63, 3.8) is 0 Å². The Morgan fingerprint density at radius 3 is 2.46 bits per heavy atom. The quantitative estimate of drug-likeness (QED) is 0.480. The van der Waals surface area contributed by atoms with Crippen molar-refractivity contribution in [3.05, 3.63) is 30.3 Å². The number of hydrogen-bond acceptors (Lipinski definition) is 2. The second-order valence-corrected chi connectivity index (χ2v) is 2.54. The van der Waals surface area contributed by atoms with Gasteiger partial charge >= 0.3 is 5.97 Å². The molecule has 3 heteroatoms. The molecule has 0 saturated carbocycles. The van der Waals surface area contributed by atoms with Crippen LogP contribution in [0.3, 0.4) is 0 Å². The minimum atomic E-state index is -0.163. The van der Waals surface area contributed by atoms with E-state index in [1.54, 1.807) is 12.1 Å². The molecule has 0 bridgehead atoms. The zero-order valence-electron chi connectivity index (χ0n) is 7.42. The number of esters is 1. The van der Waals surface area contributed by atoms with Crippen molar-refractivity contribution in [3.8, 4) is 5.75 Å². The smallest absolute Gasteiger partial charge is 0.311 e. The number of carbonyl (C=O) groups is 1. The summed E-state index contributed by atoms with van der Waals surface area (Å²) in [5.41, 5.74) is 0. The number of rotatable bonds is 3. The van der Waals surface area contributed by atoms with Gasteiger partial charge in [0.1, 0.15) is 5.75 Å². The SMILES string of the molecule is CCCC(=O)Oc1ccccc1.[Ag]. The Balaban J connectivity index is 0.00000144. The Hall–Kier alpha value is -0.570. The van der Waals surface area contributed by atoms with Crippen LogP contribution in [-0.2, 0) is 27.2 Å². The average Bonchev–Trinajstić information content (AvgIpc) is 2.06. The first-order valence-corrected chi connectivity index (χ1v) is 4.08. The number of para-hydroxylation sites is 1. The number of ether oxygens (including phenoxy) is 1. The molecule has 0 aliphatic carbocycles. The van der Waals surface area contributed by atoms with Crippen LogP contribution in [0.5, 0.6) is 5.75 Å². The maximum absolute atomic E-state index is 11.0. The van der Waals surface area contributed by atoms with Crippen LogP contribution < -0.4 is 4.74 Å². The molecule has 1 aromatic carbocycles. The van der Waals surface area contributed by atoms with Crippen molar-refractivity contribution in [2.75, 3.05) is 0 Å². The summed E-state index contributed by atoms with van der Waals surface area (Å²) in [5, 5.41) is 0. The second kappa shape index (κ2) is 6.89. The molecule has 75 valence electrons. The summed E-state index contributed by atoms with van der Waals surface area (Å²) in [5.74, 6) is 0.458. The van der Waals surface area contributed by atoms with E-state index >= 15 is 0 Å². The van der Waals surface area contributed by atoms with E-state index in [4.69, 9.17) is 4.74 Å². The minimum Gasteiger partial charge on any atom is -0.427 e. The van der Waals surface area contributed by atoms with Gasteiger partial charge in [0, 0.05) is 28.8 Å². The summed E-state index contributed by atoms with van der Waals surface area (Å²) in [6.45, 7) is 1.95. The van der Waals surface area contributed by atoms with Crippen molar-refractivity contribution in [2.24, 2.45) is 0 Å². The zero-order valence-corrected chi connectivity index (χ0v) is 8.90.